The molecule has 1 aromatic rings. The molecule has 0 aromatic carbocycles. The van der Waals surface area contributed by atoms with E-state index < -0.39 is 43.1 Å². The normalized spacial score (nSPS) is 33.6. The predicted molar refractivity (Wildman–Crippen MR) is 65.7 cm³/mol. The van der Waals surface area contributed by atoms with Crippen LogP contribution in [0.15, 0.2) is 6.20 Å². The summed E-state index contributed by atoms with van der Waals surface area (Å²) in [6.45, 7) is -0.642. The molecule has 4 atom stereocenters. The minimum Gasteiger partial charge on any atom is -0.393 e. The van der Waals surface area contributed by atoms with Crippen molar-refractivity contribution < 1.29 is 28.8 Å². The van der Waals surface area contributed by atoms with Gasteiger partial charge in [-0.15, -0.1) is 0 Å². The number of aliphatic hydroxyl groups is 3. The number of aliphatic hydroxyl groups excluding tert-OH is 3. The molecule has 0 saturated carbocycles. The number of nitrogens with zero attached hydrogens (tertiary/aromatic N) is 2. The van der Waals surface area contributed by atoms with Crippen molar-refractivity contribution in [2.75, 3.05) is 13.3 Å². The summed E-state index contributed by atoms with van der Waals surface area (Å²) in [5.41, 5.74) is -1.89. The minimum atomic E-state index is -1.96. The Bertz CT molecular complexity index is 564. The first-order valence-electron chi connectivity index (χ1n) is 5.82. The number of aromatic nitrogens is 2. The molecule has 112 valence electrons. The van der Waals surface area contributed by atoms with Crippen LogP contribution in [-0.4, -0.2) is 56.0 Å². The van der Waals surface area contributed by atoms with Crippen molar-refractivity contribution in [3.8, 4) is 0 Å². The molecule has 0 spiro atoms. The summed E-state index contributed by atoms with van der Waals surface area (Å²) < 4.78 is 32.7. The third kappa shape index (κ3) is 2.25. The summed E-state index contributed by atoms with van der Waals surface area (Å²) >= 11 is 4.93. The highest BCUT2D eigenvalue weighted by Gasteiger charge is 2.55. The Labute approximate surface area is 118 Å². The van der Waals surface area contributed by atoms with Crippen LogP contribution in [0.2, 0.25) is 0 Å². The summed E-state index contributed by atoms with van der Waals surface area (Å²) in [4.78, 5) is 3.75. The van der Waals surface area contributed by atoms with Crippen molar-refractivity contribution >= 4 is 12.2 Å². The number of ether oxygens (including phenoxy) is 1. The van der Waals surface area contributed by atoms with Gasteiger partial charge in [0.25, 0.3) is 0 Å². The number of halogens is 2. The van der Waals surface area contributed by atoms with Gasteiger partial charge in [0, 0.05) is 6.20 Å². The molecule has 3 N–H and O–H groups in total. The quantitative estimate of drug-likeness (QED) is 0.682. The molecule has 1 aromatic heterocycles. The van der Waals surface area contributed by atoms with Crippen LogP contribution in [0.25, 0.3) is 0 Å². The second-order valence-corrected chi connectivity index (χ2v) is 5.03. The van der Waals surface area contributed by atoms with Crippen molar-refractivity contribution in [3.63, 3.8) is 0 Å². The van der Waals surface area contributed by atoms with Crippen LogP contribution in [-0.2, 0) is 4.74 Å². The fourth-order valence-corrected chi connectivity index (χ4v) is 2.35. The highest BCUT2D eigenvalue weighted by atomic mass is 32.1. The SMILES string of the molecule is Cc1nc(=S)n([C@@H]2O[C@@](CO)(CF)C(O)[C@@H]2O)cc1F. The van der Waals surface area contributed by atoms with E-state index in [0.717, 1.165) is 10.8 Å². The Hall–Kier alpha value is -1.00. The van der Waals surface area contributed by atoms with Crippen molar-refractivity contribution in [2.45, 2.75) is 31.0 Å². The molecule has 1 aliphatic rings. The zero-order chi connectivity index (χ0) is 15.1. The molecule has 9 heteroatoms. The minimum absolute atomic E-state index is 0.0678. The van der Waals surface area contributed by atoms with E-state index in [1.165, 1.54) is 6.92 Å². The molecule has 2 heterocycles. The van der Waals surface area contributed by atoms with Gasteiger partial charge in [0.15, 0.2) is 17.6 Å². The molecule has 1 aliphatic heterocycles. The number of aryl methyl sites for hydroxylation is 1. The summed E-state index contributed by atoms with van der Waals surface area (Å²) in [7, 11) is 0. The number of alkyl halides is 1. The third-order valence-electron chi connectivity index (χ3n) is 3.36. The van der Waals surface area contributed by atoms with E-state index >= 15 is 0 Å². The third-order valence-corrected chi connectivity index (χ3v) is 3.66. The Kier molecular flexibility index (Phi) is 4.17. The topological polar surface area (TPSA) is 87.7 Å². The van der Waals surface area contributed by atoms with Gasteiger partial charge in [-0.05, 0) is 19.1 Å². The molecule has 1 unspecified atom stereocenters. The first-order valence-corrected chi connectivity index (χ1v) is 6.23. The number of rotatable bonds is 3. The molecule has 0 bridgehead atoms. The molecule has 0 aliphatic carbocycles. The second-order valence-electron chi connectivity index (χ2n) is 4.66. The fraction of sp³-hybridized carbons (Fsp3) is 0.636. The lowest BCUT2D eigenvalue weighted by molar-refractivity contribution is -0.138. The van der Waals surface area contributed by atoms with Gasteiger partial charge in [-0.2, -0.15) is 0 Å². The molecule has 20 heavy (non-hydrogen) atoms. The van der Waals surface area contributed by atoms with Crippen LogP contribution in [0, 0.1) is 17.5 Å². The lowest BCUT2D eigenvalue weighted by atomic mass is 9.98. The van der Waals surface area contributed by atoms with Gasteiger partial charge in [-0.1, -0.05) is 0 Å². The highest BCUT2D eigenvalue weighted by Crippen LogP contribution is 2.37. The highest BCUT2D eigenvalue weighted by molar-refractivity contribution is 7.71. The van der Waals surface area contributed by atoms with Crippen LogP contribution < -0.4 is 0 Å². The van der Waals surface area contributed by atoms with E-state index in [1.54, 1.807) is 0 Å². The number of hydrogen-bond donors (Lipinski definition) is 3. The second kappa shape index (κ2) is 5.41. The van der Waals surface area contributed by atoms with Crippen LogP contribution >= 0.6 is 12.2 Å². The standard InChI is InChI=1S/C11H14F2N2O4S/c1-5-6(13)2-15(10(20)14-5)9-7(17)8(18)11(3-12,4-16)19-9/h2,7-9,16-18H,3-4H2,1H3/t7-,8?,9+,11+/m0/s1. The van der Waals surface area contributed by atoms with Crippen molar-refractivity contribution in [1.29, 1.82) is 0 Å². The smallest absolute Gasteiger partial charge is 0.202 e. The molecule has 6 nitrogen and oxygen atoms in total. The largest absolute Gasteiger partial charge is 0.393 e. The predicted octanol–water partition coefficient (Wildman–Crippen LogP) is 0.0113. The first-order chi connectivity index (χ1) is 9.36. The van der Waals surface area contributed by atoms with E-state index in [2.05, 4.69) is 4.98 Å². The molecule has 2 rings (SSSR count). The first kappa shape index (κ1) is 15.4. The van der Waals surface area contributed by atoms with E-state index in [1.807, 2.05) is 0 Å². The molecule has 0 radical (unpaired) electrons. The summed E-state index contributed by atoms with van der Waals surface area (Å²) in [6.07, 6.45) is -3.62. The fourth-order valence-electron chi connectivity index (χ4n) is 2.06. The molecule has 0 amide bonds. The molecular formula is C11H14F2N2O4S. The van der Waals surface area contributed by atoms with Crippen LogP contribution in [0.5, 0.6) is 0 Å². The van der Waals surface area contributed by atoms with Gasteiger partial charge in [0.1, 0.15) is 18.9 Å². The maximum atomic E-state index is 13.5. The van der Waals surface area contributed by atoms with E-state index in [9.17, 15) is 24.1 Å². The summed E-state index contributed by atoms with van der Waals surface area (Å²) in [5, 5.41) is 28.9. The van der Waals surface area contributed by atoms with Crippen LogP contribution in [0.4, 0.5) is 8.78 Å². The van der Waals surface area contributed by atoms with Crippen molar-refractivity contribution in [2.24, 2.45) is 0 Å². The average Bonchev–Trinajstić information content (AvgIpc) is 2.68. The van der Waals surface area contributed by atoms with E-state index in [-0.39, 0.29) is 10.5 Å². The molecule has 1 saturated heterocycles. The van der Waals surface area contributed by atoms with E-state index in [0.29, 0.717) is 0 Å². The van der Waals surface area contributed by atoms with Gasteiger partial charge < -0.3 is 20.1 Å². The van der Waals surface area contributed by atoms with E-state index in [4.69, 9.17) is 17.0 Å². The Morgan fingerprint density at radius 3 is 2.70 bits per heavy atom. The van der Waals surface area contributed by atoms with Gasteiger partial charge in [-0.3, -0.25) is 4.57 Å². The maximum absolute atomic E-state index is 13.5. The molecule has 1 fully saturated rings. The zero-order valence-electron chi connectivity index (χ0n) is 10.5. The van der Waals surface area contributed by atoms with Gasteiger partial charge >= 0.3 is 0 Å². The summed E-state index contributed by atoms with van der Waals surface area (Å²) in [6, 6.07) is 0. The number of hydrogen-bond acceptors (Lipinski definition) is 6. The Balaban J connectivity index is 2.45. The Morgan fingerprint density at radius 2 is 2.20 bits per heavy atom. The van der Waals surface area contributed by atoms with Crippen molar-refractivity contribution in [1.82, 2.24) is 9.55 Å². The monoisotopic (exact) mass is 308 g/mol. The van der Waals surface area contributed by atoms with Gasteiger partial charge in [0.2, 0.25) is 4.77 Å². The lowest BCUT2D eigenvalue weighted by Gasteiger charge is -2.26. The van der Waals surface area contributed by atoms with Crippen LogP contribution in [0.3, 0.4) is 0 Å². The van der Waals surface area contributed by atoms with Crippen molar-refractivity contribution in [3.05, 3.63) is 22.5 Å². The maximum Gasteiger partial charge on any atom is 0.202 e. The average molecular weight is 308 g/mol. The Morgan fingerprint density at radius 1 is 1.55 bits per heavy atom. The lowest BCUT2D eigenvalue weighted by Crippen LogP contribution is -2.48. The van der Waals surface area contributed by atoms with Gasteiger partial charge in [-0.25, -0.2) is 13.8 Å². The molecular weight excluding hydrogens is 294 g/mol. The van der Waals surface area contributed by atoms with Gasteiger partial charge in [0.05, 0.1) is 12.3 Å². The summed E-state index contributed by atoms with van der Waals surface area (Å²) in [5.74, 6) is -0.689. The zero-order valence-corrected chi connectivity index (χ0v) is 11.3. The van der Waals surface area contributed by atoms with Crippen LogP contribution in [0.1, 0.15) is 11.9 Å².